The lowest BCUT2D eigenvalue weighted by Gasteiger charge is -2.12. The Balaban J connectivity index is 2.13. The third-order valence-electron chi connectivity index (χ3n) is 3.38. The third kappa shape index (κ3) is 2.11. The molecular formula is C16H12F2OS. The molecule has 0 radical (unpaired) electrons. The minimum atomic E-state index is -1.17. The Kier molecular flexibility index (Phi) is 3.28. The molecule has 0 aliphatic heterocycles. The second-order valence-corrected chi connectivity index (χ2v) is 5.62. The number of halogens is 2. The average molecular weight is 290 g/mol. The Bertz CT molecular complexity index is 779. The van der Waals surface area contributed by atoms with E-state index in [1.54, 1.807) is 5.38 Å². The molecule has 0 bridgehead atoms. The van der Waals surface area contributed by atoms with E-state index in [2.05, 4.69) is 0 Å². The first-order valence-electron chi connectivity index (χ1n) is 6.17. The van der Waals surface area contributed by atoms with Gasteiger partial charge in [0.25, 0.3) is 0 Å². The molecule has 0 saturated heterocycles. The van der Waals surface area contributed by atoms with Crippen LogP contribution in [0.15, 0.2) is 41.8 Å². The number of fused-ring (bicyclic) bond motifs is 1. The van der Waals surface area contributed by atoms with Crippen LogP contribution in [-0.4, -0.2) is 5.11 Å². The summed E-state index contributed by atoms with van der Waals surface area (Å²) in [5.74, 6) is -1.10. The zero-order valence-corrected chi connectivity index (χ0v) is 11.5. The molecule has 0 saturated carbocycles. The predicted molar refractivity (Wildman–Crippen MR) is 77.0 cm³/mol. The standard InChI is InChI=1S/C16H12F2OS/c1-9-6-14(18)11(7-13(9)17)16(19)12-8-20-15-5-3-2-4-10(12)15/h2-8,16,19H,1H3. The Morgan fingerprint density at radius 3 is 2.60 bits per heavy atom. The van der Waals surface area contributed by atoms with E-state index in [1.807, 2.05) is 24.3 Å². The third-order valence-corrected chi connectivity index (χ3v) is 4.36. The number of rotatable bonds is 2. The maximum absolute atomic E-state index is 13.9. The van der Waals surface area contributed by atoms with E-state index in [0.717, 1.165) is 22.2 Å². The molecule has 1 nitrogen and oxygen atoms in total. The van der Waals surface area contributed by atoms with Crippen LogP contribution in [0, 0.1) is 18.6 Å². The molecule has 4 heteroatoms. The lowest BCUT2D eigenvalue weighted by Crippen LogP contribution is -2.03. The minimum Gasteiger partial charge on any atom is -0.383 e. The van der Waals surface area contributed by atoms with Crippen LogP contribution in [0.4, 0.5) is 8.78 Å². The fraction of sp³-hybridized carbons (Fsp3) is 0.125. The van der Waals surface area contributed by atoms with Gasteiger partial charge in [0.2, 0.25) is 0 Å². The molecule has 3 aromatic rings. The highest BCUT2D eigenvalue weighted by Gasteiger charge is 2.20. The molecule has 1 aromatic heterocycles. The van der Waals surface area contributed by atoms with E-state index in [4.69, 9.17) is 0 Å². The van der Waals surface area contributed by atoms with Crippen molar-refractivity contribution in [2.45, 2.75) is 13.0 Å². The Morgan fingerprint density at radius 1 is 1.05 bits per heavy atom. The molecule has 1 unspecified atom stereocenters. The van der Waals surface area contributed by atoms with Gasteiger partial charge in [-0.25, -0.2) is 8.78 Å². The Labute approximate surface area is 119 Å². The molecule has 3 rings (SSSR count). The largest absolute Gasteiger partial charge is 0.383 e. The Morgan fingerprint density at radius 2 is 1.80 bits per heavy atom. The quantitative estimate of drug-likeness (QED) is 0.733. The van der Waals surface area contributed by atoms with Gasteiger partial charge < -0.3 is 5.11 Å². The molecule has 2 aromatic carbocycles. The van der Waals surface area contributed by atoms with Crippen molar-refractivity contribution >= 4 is 21.4 Å². The van der Waals surface area contributed by atoms with Crippen molar-refractivity contribution in [3.63, 3.8) is 0 Å². The molecule has 0 aliphatic rings. The van der Waals surface area contributed by atoms with E-state index in [9.17, 15) is 13.9 Å². The van der Waals surface area contributed by atoms with Crippen molar-refractivity contribution in [2.24, 2.45) is 0 Å². The number of benzene rings is 2. The maximum Gasteiger partial charge on any atom is 0.129 e. The highest BCUT2D eigenvalue weighted by atomic mass is 32.1. The maximum atomic E-state index is 13.9. The van der Waals surface area contributed by atoms with E-state index >= 15 is 0 Å². The summed E-state index contributed by atoms with van der Waals surface area (Å²) in [4.78, 5) is 0. The van der Waals surface area contributed by atoms with Crippen molar-refractivity contribution in [1.82, 2.24) is 0 Å². The summed E-state index contributed by atoms with van der Waals surface area (Å²) < 4.78 is 28.6. The normalized spacial score (nSPS) is 12.8. The molecule has 1 heterocycles. The zero-order valence-electron chi connectivity index (χ0n) is 10.7. The van der Waals surface area contributed by atoms with Gasteiger partial charge in [0.15, 0.2) is 0 Å². The average Bonchev–Trinajstić information content (AvgIpc) is 2.86. The topological polar surface area (TPSA) is 20.2 Å². The van der Waals surface area contributed by atoms with Crippen LogP contribution in [0.1, 0.15) is 22.8 Å². The molecule has 0 fully saturated rings. The highest BCUT2D eigenvalue weighted by molar-refractivity contribution is 7.17. The summed E-state index contributed by atoms with van der Waals surface area (Å²) in [6, 6.07) is 9.75. The second-order valence-electron chi connectivity index (χ2n) is 4.71. The first-order valence-corrected chi connectivity index (χ1v) is 7.05. The summed E-state index contributed by atoms with van der Waals surface area (Å²) in [6.07, 6.45) is -1.17. The van der Waals surface area contributed by atoms with E-state index in [-0.39, 0.29) is 11.1 Å². The molecule has 1 atom stereocenters. The van der Waals surface area contributed by atoms with Gasteiger partial charge in [0, 0.05) is 15.8 Å². The summed E-state index contributed by atoms with van der Waals surface area (Å²) in [5.41, 5.74) is 0.804. The van der Waals surface area contributed by atoms with E-state index in [0.29, 0.717) is 5.56 Å². The number of aryl methyl sites for hydroxylation is 1. The molecule has 0 spiro atoms. The highest BCUT2D eigenvalue weighted by Crippen LogP contribution is 2.34. The van der Waals surface area contributed by atoms with Gasteiger partial charge in [0.1, 0.15) is 17.7 Å². The van der Waals surface area contributed by atoms with Crippen molar-refractivity contribution in [2.75, 3.05) is 0 Å². The first kappa shape index (κ1) is 13.2. The molecule has 0 aliphatic carbocycles. The van der Waals surface area contributed by atoms with Crippen LogP contribution in [0.25, 0.3) is 10.1 Å². The zero-order chi connectivity index (χ0) is 14.3. The second kappa shape index (κ2) is 4.96. The van der Waals surface area contributed by atoms with Crippen LogP contribution in [0.5, 0.6) is 0 Å². The van der Waals surface area contributed by atoms with Crippen LogP contribution in [-0.2, 0) is 0 Å². The van der Waals surface area contributed by atoms with Gasteiger partial charge in [-0.1, -0.05) is 18.2 Å². The summed E-state index contributed by atoms with van der Waals surface area (Å²) in [6.45, 7) is 1.49. The van der Waals surface area contributed by atoms with E-state index < -0.39 is 17.7 Å². The van der Waals surface area contributed by atoms with Gasteiger partial charge in [-0.15, -0.1) is 11.3 Å². The molecule has 102 valence electrons. The van der Waals surface area contributed by atoms with Gasteiger partial charge in [0.05, 0.1) is 0 Å². The predicted octanol–water partition coefficient (Wildman–Crippen LogP) is 4.57. The number of hydrogen-bond acceptors (Lipinski definition) is 2. The van der Waals surface area contributed by atoms with Gasteiger partial charge >= 0.3 is 0 Å². The molecule has 1 N–H and O–H groups in total. The van der Waals surface area contributed by atoms with Crippen LogP contribution >= 0.6 is 11.3 Å². The van der Waals surface area contributed by atoms with Crippen LogP contribution in [0.3, 0.4) is 0 Å². The summed E-state index contributed by atoms with van der Waals surface area (Å²) >= 11 is 1.47. The lowest BCUT2D eigenvalue weighted by atomic mass is 9.99. The van der Waals surface area contributed by atoms with Gasteiger partial charge in [-0.2, -0.15) is 0 Å². The fourth-order valence-electron chi connectivity index (χ4n) is 2.25. The number of aliphatic hydroxyl groups is 1. The summed E-state index contributed by atoms with van der Waals surface area (Å²) in [7, 11) is 0. The van der Waals surface area contributed by atoms with Gasteiger partial charge in [-0.3, -0.25) is 0 Å². The molecular weight excluding hydrogens is 278 g/mol. The smallest absolute Gasteiger partial charge is 0.129 e. The first-order chi connectivity index (χ1) is 9.58. The van der Waals surface area contributed by atoms with Gasteiger partial charge in [-0.05, 0) is 41.5 Å². The SMILES string of the molecule is Cc1cc(F)c(C(O)c2csc3ccccc23)cc1F. The number of aliphatic hydroxyl groups excluding tert-OH is 1. The van der Waals surface area contributed by atoms with E-state index in [1.165, 1.54) is 18.3 Å². The van der Waals surface area contributed by atoms with Crippen molar-refractivity contribution < 1.29 is 13.9 Å². The monoisotopic (exact) mass is 290 g/mol. The molecule has 0 amide bonds. The van der Waals surface area contributed by atoms with Crippen molar-refractivity contribution in [1.29, 1.82) is 0 Å². The minimum absolute atomic E-state index is 0.0309. The molecule has 20 heavy (non-hydrogen) atoms. The number of thiophene rings is 1. The van der Waals surface area contributed by atoms with Crippen LogP contribution in [0.2, 0.25) is 0 Å². The summed E-state index contributed by atoms with van der Waals surface area (Å²) in [5, 5.41) is 13.0. The number of hydrogen-bond donors (Lipinski definition) is 1. The Hall–Kier alpha value is -1.78. The fourth-order valence-corrected chi connectivity index (χ4v) is 3.23. The lowest BCUT2D eigenvalue weighted by molar-refractivity contribution is 0.216. The van der Waals surface area contributed by atoms with Crippen molar-refractivity contribution in [3.8, 4) is 0 Å². The van der Waals surface area contributed by atoms with Crippen molar-refractivity contribution in [3.05, 3.63) is 70.1 Å². The van der Waals surface area contributed by atoms with Crippen LogP contribution < -0.4 is 0 Å².